The normalized spacial score (nSPS) is 10.8. The van der Waals surface area contributed by atoms with Crippen molar-refractivity contribution < 1.29 is 5.11 Å². The topological polar surface area (TPSA) is 63.8 Å². The predicted octanol–water partition coefficient (Wildman–Crippen LogP) is 1.52. The van der Waals surface area contributed by atoms with E-state index in [1.54, 1.807) is 23.3 Å². The molecular weight excluding hydrogens is 204 g/mol. The van der Waals surface area contributed by atoms with Gasteiger partial charge in [-0.25, -0.2) is 9.67 Å². The number of aromatic nitrogens is 4. The third-order valence-electron chi connectivity index (χ3n) is 2.34. The van der Waals surface area contributed by atoms with Crippen LogP contribution in [0.3, 0.4) is 0 Å². The van der Waals surface area contributed by atoms with Gasteiger partial charge in [-0.15, -0.1) is 0 Å². The molecular formula is C11H8N4O. The number of hydrogen-bond donors (Lipinski definition) is 1. The van der Waals surface area contributed by atoms with Gasteiger partial charge in [-0.2, -0.15) is 5.10 Å². The summed E-state index contributed by atoms with van der Waals surface area (Å²) in [5.41, 5.74) is 0.735. The largest absolute Gasteiger partial charge is 0.506 e. The third-order valence-corrected chi connectivity index (χ3v) is 2.34. The Labute approximate surface area is 91.0 Å². The number of nitrogens with zero attached hydrogens (tertiary/aromatic N) is 4. The first-order valence-electron chi connectivity index (χ1n) is 4.78. The molecule has 5 heteroatoms. The van der Waals surface area contributed by atoms with Crippen LogP contribution in [-0.2, 0) is 0 Å². The van der Waals surface area contributed by atoms with Gasteiger partial charge in [-0.1, -0.05) is 6.07 Å². The molecule has 3 heterocycles. The lowest BCUT2D eigenvalue weighted by Gasteiger charge is -2.01. The van der Waals surface area contributed by atoms with Gasteiger partial charge in [-0.05, 0) is 12.1 Å². The van der Waals surface area contributed by atoms with Crippen LogP contribution in [0.5, 0.6) is 5.75 Å². The summed E-state index contributed by atoms with van der Waals surface area (Å²) in [5.74, 6) is 0.824. The van der Waals surface area contributed by atoms with Crippen molar-refractivity contribution >= 4 is 10.9 Å². The average Bonchev–Trinajstić information content (AvgIpc) is 2.75. The van der Waals surface area contributed by atoms with Crippen molar-refractivity contribution in [2.24, 2.45) is 0 Å². The van der Waals surface area contributed by atoms with Crippen LogP contribution < -0.4 is 0 Å². The number of fused-ring (bicyclic) bond motifs is 1. The Morgan fingerprint density at radius 1 is 1.12 bits per heavy atom. The molecule has 16 heavy (non-hydrogen) atoms. The predicted molar refractivity (Wildman–Crippen MR) is 58.3 cm³/mol. The van der Waals surface area contributed by atoms with Crippen LogP contribution in [0.4, 0.5) is 0 Å². The molecule has 0 fully saturated rings. The smallest absolute Gasteiger partial charge is 0.154 e. The van der Waals surface area contributed by atoms with E-state index in [1.807, 2.05) is 18.2 Å². The highest BCUT2D eigenvalue weighted by atomic mass is 16.3. The Morgan fingerprint density at radius 2 is 2.06 bits per heavy atom. The standard InChI is InChI=1S/C11H8N4O/c16-10-7-12-6-9-8(10)5-14-15(9)11-3-1-2-4-13-11/h1-7,16H. The van der Waals surface area contributed by atoms with E-state index in [0.717, 1.165) is 5.52 Å². The molecule has 3 aromatic rings. The molecule has 3 rings (SSSR count). The number of hydrogen-bond acceptors (Lipinski definition) is 4. The molecule has 1 N–H and O–H groups in total. The zero-order chi connectivity index (χ0) is 11.0. The fourth-order valence-electron chi connectivity index (χ4n) is 1.59. The van der Waals surface area contributed by atoms with E-state index in [1.165, 1.54) is 6.20 Å². The van der Waals surface area contributed by atoms with E-state index in [0.29, 0.717) is 11.2 Å². The quantitative estimate of drug-likeness (QED) is 0.664. The molecule has 0 amide bonds. The average molecular weight is 212 g/mol. The summed E-state index contributed by atoms with van der Waals surface area (Å²) in [4.78, 5) is 8.12. The molecule has 0 bridgehead atoms. The van der Waals surface area contributed by atoms with Crippen LogP contribution in [0.1, 0.15) is 0 Å². The van der Waals surface area contributed by atoms with Gasteiger partial charge in [0.25, 0.3) is 0 Å². The first-order chi connectivity index (χ1) is 7.86. The summed E-state index contributed by atoms with van der Waals surface area (Å²) in [7, 11) is 0. The van der Waals surface area contributed by atoms with Crippen LogP contribution >= 0.6 is 0 Å². The van der Waals surface area contributed by atoms with Crippen molar-refractivity contribution in [1.82, 2.24) is 19.7 Å². The molecule has 0 aliphatic carbocycles. The van der Waals surface area contributed by atoms with E-state index in [4.69, 9.17) is 0 Å². The minimum Gasteiger partial charge on any atom is -0.506 e. The molecule has 0 atom stereocenters. The maximum absolute atomic E-state index is 9.60. The van der Waals surface area contributed by atoms with Crippen LogP contribution in [0.25, 0.3) is 16.7 Å². The van der Waals surface area contributed by atoms with Crippen LogP contribution in [-0.4, -0.2) is 24.9 Å². The lowest BCUT2D eigenvalue weighted by molar-refractivity contribution is 0.479. The highest BCUT2D eigenvalue weighted by molar-refractivity contribution is 5.84. The van der Waals surface area contributed by atoms with E-state index in [2.05, 4.69) is 15.1 Å². The van der Waals surface area contributed by atoms with Gasteiger partial charge in [-0.3, -0.25) is 4.98 Å². The van der Waals surface area contributed by atoms with Crippen LogP contribution in [0, 0.1) is 0 Å². The molecule has 0 unspecified atom stereocenters. The third kappa shape index (κ3) is 1.22. The molecule has 0 aromatic carbocycles. The van der Waals surface area contributed by atoms with Gasteiger partial charge in [0.1, 0.15) is 5.75 Å². The highest BCUT2D eigenvalue weighted by Gasteiger charge is 2.08. The van der Waals surface area contributed by atoms with Crippen molar-refractivity contribution in [3.8, 4) is 11.6 Å². The molecule has 0 saturated carbocycles. The zero-order valence-corrected chi connectivity index (χ0v) is 8.28. The zero-order valence-electron chi connectivity index (χ0n) is 8.28. The number of pyridine rings is 2. The molecule has 0 saturated heterocycles. The Balaban J connectivity index is 2.30. The maximum atomic E-state index is 9.60. The molecule has 0 aliphatic rings. The fourth-order valence-corrected chi connectivity index (χ4v) is 1.59. The molecule has 78 valence electrons. The summed E-state index contributed by atoms with van der Waals surface area (Å²) < 4.78 is 1.64. The first-order valence-corrected chi connectivity index (χ1v) is 4.78. The Morgan fingerprint density at radius 3 is 2.88 bits per heavy atom. The van der Waals surface area contributed by atoms with E-state index < -0.39 is 0 Å². The summed E-state index contributed by atoms with van der Waals surface area (Å²) >= 11 is 0. The van der Waals surface area contributed by atoms with Crippen molar-refractivity contribution in [2.45, 2.75) is 0 Å². The highest BCUT2D eigenvalue weighted by Crippen LogP contribution is 2.23. The minimum atomic E-state index is 0.125. The van der Waals surface area contributed by atoms with E-state index >= 15 is 0 Å². The second-order valence-electron chi connectivity index (χ2n) is 3.34. The second kappa shape index (κ2) is 3.30. The van der Waals surface area contributed by atoms with Gasteiger partial charge in [0.2, 0.25) is 0 Å². The lowest BCUT2D eigenvalue weighted by atomic mass is 10.3. The summed E-state index contributed by atoms with van der Waals surface area (Å²) in [5, 5.41) is 14.4. The Hall–Kier alpha value is -2.43. The number of rotatable bonds is 1. The van der Waals surface area contributed by atoms with Crippen LogP contribution in [0.15, 0.2) is 43.0 Å². The maximum Gasteiger partial charge on any atom is 0.154 e. The van der Waals surface area contributed by atoms with Gasteiger partial charge < -0.3 is 5.11 Å². The first kappa shape index (κ1) is 8.84. The van der Waals surface area contributed by atoms with E-state index in [9.17, 15) is 5.11 Å². The number of aromatic hydroxyl groups is 1. The van der Waals surface area contributed by atoms with Gasteiger partial charge in [0, 0.05) is 6.20 Å². The van der Waals surface area contributed by atoms with Gasteiger partial charge in [0.05, 0.1) is 29.5 Å². The SMILES string of the molecule is Oc1cncc2c1cnn2-c1ccccn1. The Kier molecular flexibility index (Phi) is 1.83. The molecule has 0 radical (unpaired) electrons. The molecule has 5 nitrogen and oxygen atoms in total. The van der Waals surface area contributed by atoms with Crippen molar-refractivity contribution in [1.29, 1.82) is 0 Å². The monoisotopic (exact) mass is 212 g/mol. The van der Waals surface area contributed by atoms with E-state index in [-0.39, 0.29) is 5.75 Å². The molecule has 0 spiro atoms. The Bertz CT molecular complexity index is 633. The second-order valence-corrected chi connectivity index (χ2v) is 3.34. The summed E-state index contributed by atoms with van der Waals surface area (Å²) in [6.45, 7) is 0. The van der Waals surface area contributed by atoms with Gasteiger partial charge >= 0.3 is 0 Å². The summed E-state index contributed by atoms with van der Waals surface area (Å²) in [6.07, 6.45) is 6.34. The summed E-state index contributed by atoms with van der Waals surface area (Å²) in [6, 6.07) is 5.56. The lowest BCUT2D eigenvalue weighted by Crippen LogP contribution is -1.98. The molecule has 0 aliphatic heterocycles. The van der Waals surface area contributed by atoms with Crippen molar-refractivity contribution in [2.75, 3.05) is 0 Å². The van der Waals surface area contributed by atoms with Crippen molar-refractivity contribution in [3.05, 3.63) is 43.0 Å². The van der Waals surface area contributed by atoms with Gasteiger partial charge in [0.15, 0.2) is 5.82 Å². The van der Waals surface area contributed by atoms with Crippen molar-refractivity contribution in [3.63, 3.8) is 0 Å². The fraction of sp³-hybridized carbons (Fsp3) is 0. The van der Waals surface area contributed by atoms with Crippen LogP contribution in [0.2, 0.25) is 0 Å². The minimum absolute atomic E-state index is 0.125. The molecule has 3 aromatic heterocycles.